The van der Waals surface area contributed by atoms with Crippen molar-refractivity contribution in [1.82, 2.24) is 10.2 Å². The van der Waals surface area contributed by atoms with Crippen LogP contribution in [-0.4, -0.2) is 29.2 Å². The van der Waals surface area contributed by atoms with E-state index in [2.05, 4.69) is 5.32 Å². The normalized spacial score (nSPS) is 19.6. The summed E-state index contributed by atoms with van der Waals surface area (Å²) in [5, 5.41) is 2.65. The fourth-order valence-corrected chi connectivity index (χ4v) is 3.08. The fraction of sp³-hybridized carbons (Fsp3) is 0.211. The van der Waals surface area contributed by atoms with Gasteiger partial charge in [-0.1, -0.05) is 37.3 Å². The summed E-state index contributed by atoms with van der Waals surface area (Å²) in [5.74, 6) is -3.21. The number of benzene rings is 2. The third kappa shape index (κ3) is 2.85. The fourth-order valence-electron chi connectivity index (χ4n) is 3.08. The predicted molar refractivity (Wildman–Crippen MR) is 89.3 cm³/mol. The standard InChI is InChI=1S/C19H16F2N2O3/c1-2-19(12-6-4-3-5-7-12)17(25)23(18(26)22-19)11-16(24)14-9-8-13(20)10-15(14)21/h3-10H,2,11H2,1H3,(H,22,26). The summed E-state index contributed by atoms with van der Waals surface area (Å²) in [6.07, 6.45) is 0.289. The van der Waals surface area contributed by atoms with E-state index in [9.17, 15) is 23.2 Å². The Morgan fingerprint density at radius 1 is 1.12 bits per heavy atom. The van der Waals surface area contributed by atoms with E-state index in [1.54, 1.807) is 37.3 Å². The van der Waals surface area contributed by atoms with Crippen molar-refractivity contribution >= 4 is 17.7 Å². The van der Waals surface area contributed by atoms with Crippen molar-refractivity contribution in [2.75, 3.05) is 6.54 Å². The quantitative estimate of drug-likeness (QED) is 0.660. The summed E-state index contributed by atoms with van der Waals surface area (Å²) >= 11 is 0. The van der Waals surface area contributed by atoms with Crippen molar-refractivity contribution in [3.05, 3.63) is 71.3 Å². The molecule has 1 fully saturated rings. The molecule has 3 amide bonds. The summed E-state index contributed by atoms with van der Waals surface area (Å²) in [7, 11) is 0. The van der Waals surface area contributed by atoms with Gasteiger partial charge < -0.3 is 5.32 Å². The van der Waals surface area contributed by atoms with E-state index < -0.39 is 41.4 Å². The number of urea groups is 1. The van der Waals surface area contributed by atoms with Gasteiger partial charge in [-0.2, -0.15) is 0 Å². The molecule has 2 aromatic carbocycles. The second-order valence-electron chi connectivity index (χ2n) is 5.99. The second-order valence-corrected chi connectivity index (χ2v) is 5.99. The first-order valence-corrected chi connectivity index (χ1v) is 8.07. The molecule has 0 bridgehead atoms. The number of imide groups is 1. The number of nitrogens with one attached hydrogen (secondary N) is 1. The lowest BCUT2D eigenvalue weighted by molar-refractivity contribution is -0.131. The summed E-state index contributed by atoms with van der Waals surface area (Å²) in [6.45, 7) is 1.12. The van der Waals surface area contributed by atoms with Gasteiger partial charge in [-0.15, -0.1) is 0 Å². The van der Waals surface area contributed by atoms with Crippen LogP contribution in [0.25, 0.3) is 0 Å². The molecular formula is C19H16F2N2O3. The number of carbonyl (C=O) groups excluding carboxylic acids is 3. The molecule has 5 nitrogen and oxygen atoms in total. The Morgan fingerprint density at radius 3 is 2.42 bits per heavy atom. The lowest BCUT2D eigenvalue weighted by Gasteiger charge is -2.25. The zero-order valence-electron chi connectivity index (χ0n) is 14.0. The molecular weight excluding hydrogens is 342 g/mol. The first kappa shape index (κ1) is 17.7. The number of rotatable bonds is 5. The molecule has 3 rings (SSSR count). The van der Waals surface area contributed by atoms with Crippen molar-refractivity contribution in [2.24, 2.45) is 0 Å². The minimum Gasteiger partial charge on any atom is -0.319 e. The van der Waals surface area contributed by atoms with Gasteiger partial charge >= 0.3 is 6.03 Å². The van der Waals surface area contributed by atoms with Gasteiger partial charge in [0.15, 0.2) is 5.78 Å². The molecule has 26 heavy (non-hydrogen) atoms. The molecule has 2 aromatic rings. The summed E-state index contributed by atoms with van der Waals surface area (Å²) in [5.41, 5.74) is -1.04. The molecule has 1 N–H and O–H groups in total. The van der Waals surface area contributed by atoms with E-state index in [1.165, 1.54) is 0 Å². The Kier molecular flexibility index (Phi) is 4.54. The molecule has 1 heterocycles. The van der Waals surface area contributed by atoms with Crippen LogP contribution in [0.4, 0.5) is 13.6 Å². The Hall–Kier alpha value is -3.09. The van der Waals surface area contributed by atoms with E-state index in [4.69, 9.17) is 0 Å². The van der Waals surface area contributed by atoms with Crippen LogP contribution in [0.5, 0.6) is 0 Å². The molecule has 1 aliphatic rings. The van der Waals surface area contributed by atoms with Gasteiger partial charge in [0.2, 0.25) is 0 Å². The first-order chi connectivity index (χ1) is 12.4. The third-order valence-electron chi connectivity index (χ3n) is 4.51. The maximum absolute atomic E-state index is 13.8. The highest BCUT2D eigenvalue weighted by atomic mass is 19.1. The van der Waals surface area contributed by atoms with Gasteiger partial charge in [0, 0.05) is 6.07 Å². The van der Waals surface area contributed by atoms with E-state index in [0.29, 0.717) is 11.6 Å². The van der Waals surface area contributed by atoms with Crippen molar-refractivity contribution in [2.45, 2.75) is 18.9 Å². The van der Waals surface area contributed by atoms with Crippen LogP contribution in [0.2, 0.25) is 0 Å². The average molecular weight is 358 g/mol. The van der Waals surface area contributed by atoms with E-state index >= 15 is 0 Å². The molecule has 0 spiro atoms. The molecule has 1 saturated heterocycles. The van der Waals surface area contributed by atoms with Gasteiger partial charge in [-0.25, -0.2) is 13.6 Å². The lowest BCUT2D eigenvalue weighted by Crippen LogP contribution is -2.43. The number of halogens is 2. The van der Waals surface area contributed by atoms with E-state index in [1.807, 2.05) is 0 Å². The molecule has 0 aromatic heterocycles. The minimum atomic E-state index is -1.26. The zero-order chi connectivity index (χ0) is 18.9. The highest BCUT2D eigenvalue weighted by Gasteiger charge is 2.51. The number of ketones is 1. The minimum absolute atomic E-state index is 0.289. The smallest absolute Gasteiger partial charge is 0.319 e. The number of nitrogens with zero attached hydrogens (tertiary/aromatic N) is 1. The summed E-state index contributed by atoms with van der Waals surface area (Å²) < 4.78 is 26.8. The van der Waals surface area contributed by atoms with E-state index in [0.717, 1.165) is 17.0 Å². The van der Waals surface area contributed by atoms with Crippen molar-refractivity contribution < 1.29 is 23.2 Å². The van der Waals surface area contributed by atoms with Crippen molar-refractivity contribution in [1.29, 1.82) is 0 Å². The Labute approximate surface area is 148 Å². The molecule has 1 atom stereocenters. The number of hydrogen-bond acceptors (Lipinski definition) is 3. The number of amides is 3. The summed E-state index contributed by atoms with van der Waals surface area (Å²) in [6, 6.07) is 10.5. The van der Waals surface area contributed by atoms with Crippen LogP contribution in [0, 0.1) is 11.6 Å². The SMILES string of the molecule is CCC1(c2ccccc2)NC(=O)N(CC(=O)c2ccc(F)cc2F)C1=O. The largest absolute Gasteiger partial charge is 0.325 e. The van der Waals surface area contributed by atoms with Crippen LogP contribution >= 0.6 is 0 Å². The highest BCUT2D eigenvalue weighted by molar-refractivity contribution is 6.11. The number of carbonyl (C=O) groups is 3. The first-order valence-electron chi connectivity index (χ1n) is 8.07. The average Bonchev–Trinajstić information content (AvgIpc) is 2.87. The monoisotopic (exact) mass is 358 g/mol. The zero-order valence-corrected chi connectivity index (χ0v) is 14.0. The topological polar surface area (TPSA) is 66.5 Å². The van der Waals surface area contributed by atoms with Gasteiger partial charge in [0.1, 0.15) is 17.2 Å². The van der Waals surface area contributed by atoms with Crippen LogP contribution < -0.4 is 5.32 Å². The molecule has 134 valence electrons. The maximum Gasteiger partial charge on any atom is 0.325 e. The summed E-state index contributed by atoms with van der Waals surface area (Å²) in [4.78, 5) is 38.3. The highest BCUT2D eigenvalue weighted by Crippen LogP contribution is 2.32. The van der Waals surface area contributed by atoms with Crippen molar-refractivity contribution in [3.8, 4) is 0 Å². The maximum atomic E-state index is 13.8. The number of hydrogen-bond donors (Lipinski definition) is 1. The molecule has 0 saturated carbocycles. The van der Waals surface area contributed by atoms with Crippen LogP contribution in [0.1, 0.15) is 29.3 Å². The Balaban J connectivity index is 1.88. The van der Waals surface area contributed by atoms with Crippen LogP contribution in [0.15, 0.2) is 48.5 Å². The van der Waals surface area contributed by atoms with Gasteiger partial charge in [0.25, 0.3) is 5.91 Å². The third-order valence-corrected chi connectivity index (χ3v) is 4.51. The molecule has 0 radical (unpaired) electrons. The molecule has 7 heteroatoms. The van der Waals surface area contributed by atoms with Gasteiger partial charge in [0.05, 0.1) is 12.1 Å². The molecule has 1 unspecified atom stereocenters. The Bertz CT molecular complexity index is 886. The molecule has 1 aliphatic heterocycles. The van der Waals surface area contributed by atoms with E-state index in [-0.39, 0.29) is 12.0 Å². The van der Waals surface area contributed by atoms with Gasteiger partial charge in [-0.05, 0) is 24.1 Å². The van der Waals surface area contributed by atoms with Crippen LogP contribution in [-0.2, 0) is 10.3 Å². The molecule has 0 aliphatic carbocycles. The lowest BCUT2D eigenvalue weighted by atomic mass is 9.87. The second kappa shape index (κ2) is 6.67. The van der Waals surface area contributed by atoms with Gasteiger partial charge in [-0.3, -0.25) is 14.5 Å². The van der Waals surface area contributed by atoms with Crippen LogP contribution in [0.3, 0.4) is 0 Å². The number of Topliss-reactive ketones (excluding diaryl/α,β-unsaturated/α-hetero) is 1. The van der Waals surface area contributed by atoms with Crippen molar-refractivity contribution in [3.63, 3.8) is 0 Å². The Morgan fingerprint density at radius 2 is 1.81 bits per heavy atom. The predicted octanol–water partition coefficient (Wildman–Crippen LogP) is 3.00.